The van der Waals surface area contributed by atoms with Gasteiger partial charge in [-0.2, -0.15) is 0 Å². The van der Waals surface area contributed by atoms with Crippen LogP contribution in [0.1, 0.15) is 58.8 Å². The molecular formula is C14H28N2O2. The lowest BCUT2D eigenvalue weighted by atomic mass is 9.80. The van der Waals surface area contributed by atoms with E-state index in [1.165, 1.54) is 6.42 Å². The molecule has 0 aromatic rings. The molecule has 1 aliphatic rings. The first-order chi connectivity index (χ1) is 8.41. The van der Waals surface area contributed by atoms with Gasteiger partial charge in [-0.3, -0.25) is 4.79 Å². The van der Waals surface area contributed by atoms with Crippen molar-refractivity contribution < 1.29 is 9.90 Å². The first-order valence-corrected chi connectivity index (χ1v) is 7.15. The minimum atomic E-state index is -0.450. The van der Waals surface area contributed by atoms with Crippen LogP contribution in [0, 0.1) is 5.92 Å². The number of aliphatic hydroxyl groups is 1. The summed E-state index contributed by atoms with van der Waals surface area (Å²) in [4.78, 5) is 11.8. The predicted octanol–water partition coefficient (Wildman–Crippen LogP) is 1.56. The molecule has 0 aromatic heterocycles. The monoisotopic (exact) mass is 256 g/mol. The van der Waals surface area contributed by atoms with E-state index in [0.717, 1.165) is 25.7 Å². The molecule has 0 aromatic carbocycles. The van der Waals surface area contributed by atoms with E-state index in [1.54, 1.807) is 0 Å². The fourth-order valence-corrected chi connectivity index (χ4v) is 2.67. The molecule has 106 valence electrons. The van der Waals surface area contributed by atoms with Crippen LogP contribution in [0.4, 0.5) is 0 Å². The van der Waals surface area contributed by atoms with Crippen molar-refractivity contribution in [2.75, 3.05) is 6.54 Å². The smallest absolute Gasteiger partial charge is 0.221 e. The lowest BCUT2D eigenvalue weighted by Crippen LogP contribution is -2.46. The highest BCUT2D eigenvalue weighted by Crippen LogP contribution is 2.28. The van der Waals surface area contributed by atoms with Gasteiger partial charge in [0.25, 0.3) is 0 Å². The lowest BCUT2D eigenvalue weighted by molar-refractivity contribution is -0.123. The molecule has 1 unspecified atom stereocenters. The first-order valence-electron chi connectivity index (χ1n) is 7.15. The average molecular weight is 256 g/mol. The number of carbonyl (C=O) groups is 1. The Balaban J connectivity index is 2.24. The second-order valence-electron chi connectivity index (χ2n) is 6.19. The average Bonchev–Trinajstić information content (AvgIpc) is 2.26. The van der Waals surface area contributed by atoms with E-state index in [4.69, 9.17) is 5.73 Å². The molecule has 0 bridgehead atoms. The van der Waals surface area contributed by atoms with Gasteiger partial charge in [0.2, 0.25) is 5.91 Å². The van der Waals surface area contributed by atoms with Gasteiger partial charge in [0.15, 0.2) is 0 Å². The van der Waals surface area contributed by atoms with Crippen LogP contribution in [-0.2, 0) is 4.79 Å². The first kappa shape index (κ1) is 15.4. The number of hydrogen-bond acceptors (Lipinski definition) is 3. The van der Waals surface area contributed by atoms with E-state index in [2.05, 4.69) is 19.2 Å². The SMILES string of the molecule is CC(C)CC(O)CNC(=O)CC1(N)CCCCC1. The maximum Gasteiger partial charge on any atom is 0.221 e. The molecule has 4 heteroatoms. The van der Waals surface area contributed by atoms with Gasteiger partial charge in [-0.1, -0.05) is 33.1 Å². The van der Waals surface area contributed by atoms with Crippen molar-refractivity contribution in [3.63, 3.8) is 0 Å². The van der Waals surface area contributed by atoms with E-state index in [9.17, 15) is 9.90 Å². The van der Waals surface area contributed by atoms with E-state index >= 15 is 0 Å². The Morgan fingerprint density at radius 1 is 1.33 bits per heavy atom. The van der Waals surface area contributed by atoms with Crippen LogP contribution in [0.25, 0.3) is 0 Å². The second kappa shape index (κ2) is 7.10. The minimum absolute atomic E-state index is 0.0257. The van der Waals surface area contributed by atoms with Gasteiger partial charge < -0.3 is 16.2 Å². The molecule has 0 spiro atoms. The summed E-state index contributed by atoms with van der Waals surface area (Å²) in [5.74, 6) is 0.415. The largest absolute Gasteiger partial charge is 0.391 e. The van der Waals surface area contributed by atoms with Gasteiger partial charge in [-0.05, 0) is 25.2 Å². The van der Waals surface area contributed by atoms with Crippen LogP contribution in [-0.4, -0.2) is 29.2 Å². The quantitative estimate of drug-likeness (QED) is 0.675. The fraction of sp³-hybridized carbons (Fsp3) is 0.929. The normalized spacial score (nSPS) is 20.7. The van der Waals surface area contributed by atoms with Crippen molar-refractivity contribution in [3.05, 3.63) is 0 Å². The molecule has 0 heterocycles. The van der Waals surface area contributed by atoms with Gasteiger partial charge in [-0.25, -0.2) is 0 Å². The van der Waals surface area contributed by atoms with Crippen molar-refractivity contribution in [2.45, 2.75) is 70.4 Å². The van der Waals surface area contributed by atoms with Gasteiger partial charge >= 0.3 is 0 Å². The Morgan fingerprint density at radius 2 is 1.94 bits per heavy atom. The van der Waals surface area contributed by atoms with E-state index in [-0.39, 0.29) is 11.4 Å². The summed E-state index contributed by atoms with van der Waals surface area (Å²) in [5, 5.41) is 12.5. The summed E-state index contributed by atoms with van der Waals surface area (Å²) in [6.45, 7) is 4.46. The molecule has 18 heavy (non-hydrogen) atoms. The molecule has 1 fully saturated rings. The van der Waals surface area contributed by atoms with Crippen molar-refractivity contribution in [1.82, 2.24) is 5.32 Å². The zero-order valence-corrected chi connectivity index (χ0v) is 11.7. The highest BCUT2D eigenvalue weighted by Gasteiger charge is 2.29. The zero-order valence-electron chi connectivity index (χ0n) is 11.7. The third-order valence-corrected chi connectivity index (χ3v) is 3.64. The summed E-state index contributed by atoms with van der Waals surface area (Å²) < 4.78 is 0. The number of aliphatic hydroxyl groups excluding tert-OH is 1. The standard InChI is InChI=1S/C14H28N2O2/c1-11(2)8-12(17)10-16-13(18)9-14(15)6-4-3-5-7-14/h11-12,17H,3-10,15H2,1-2H3,(H,16,18). The molecule has 4 N–H and O–H groups in total. The van der Waals surface area contributed by atoms with Crippen molar-refractivity contribution in [2.24, 2.45) is 11.7 Å². The lowest BCUT2D eigenvalue weighted by Gasteiger charge is -2.32. The van der Waals surface area contributed by atoms with E-state index < -0.39 is 6.10 Å². The van der Waals surface area contributed by atoms with Crippen LogP contribution < -0.4 is 11.1 Å². The molecule has 0 radical (unpaired) electrons. The van der Waals surface area contributed by atoms with Crippen molar-refractivity contribution in [3.8, 4) is 0 Å². The number of nitrogens with two attached hydrogens (primary N) is 1. The highest BCUT2D eigenvalue weighted by molar-refractivity contribution is 5.77. The molecule has 4 nitrogen and oxygen atoms in total. The predicted molar refractivity (Wildman–Crippen MR) is 73.1 cm³/mol. The molecule has 0 aliphatic heterocycles. The molecule has 1 amide bonds. The second-order valence-corrected chi connectivity index (χ2v) is 6.19. The Bertz CT molecular complexity index is 261. The maximum atomic E-state index is 11.8. The van der Waals surface area contributed by atoms with Crippen LogP contribution in [0.3, 0.4) is 0 Å². The topological polar surface area (TPSA) is 75.3 Å². The molecule has 1 rings (SSSR count). The summed E-state index contributed by atoms with van der Waals surface area (Å²) in [6, 6.07) is 0. The van der Waals surface area contributed by atoms with Crippen LogP contribution >= 0.6 is 0 Å². The Labute approximate surface area is 110 Å². The molecular weight excluding hydrogens is 228 g/mol. The number of nitrogens with one attached hydrogen (secondary N) is 1. The molecule has 0 saturated heterocycles. The zero-order chi connectivity index (χ0) is 13.6. The summed E-state index contributed by atoms with van der Waals surface area (Å²) in [6.07, 6.45) is 6.01. The van der Waals surface area contributed by atoms with Crippen LogP contribution in [0.15, 0.2) is 0 Å². The van der Waals surface area contributed by atoms with Crippen molar-refractivity contribution in [1.29, 1.82) is 0 Å². The van der Waals surface area contributed by atoms with E-state index in [0.29, 0.717) is 25.3 Å². The van der Waals surface area contributed by atoms with Gasteiger partial charge in [0, 0.05) is 18.5 Å². The summed E-state index contributed by atoms with van der Waals surface area (Å²) in [5.41, 5.74) is 5.91. The fourth-order valence-electron chi connectivity index (χ4n) is 2.67. The summed E-state index contributed by atoms with van der Waals surface area (Å²) in [7, 11) is 0. The van der Waals surface area contributed by atoms with Gasteiger partial charge in [0.1, 0.15) is 0 Å². The summed E-state index contributed by atoms with van der Waals surface area (Å²) >= 11 is 0. The van der Waals surface area contributed by atoms with E-state index in [1.807, 2.05) is 0 Å². The Kier molecular flexibility index (Phi) is 6.09. The Hall–Kier alpha value is -0.610. The maximum absolute atomic E-state index is 11.8. The van der Waals surface area contributed by atoms with Gasteiger partial charge in [-0.15, -0.1) is 0 Å². The molecule has 1 aliphatic carbocycles. The number of carbonyl (C=O) groups excluding carboxylic acids is 1. The van der Waals surface area contributed by atoms with Gasteiger partial charge in [0.05, 0.1) is 6.10 Å². The van der Waals surface area contributed by atoms with Crippen LogP contribution in [0.5, 0.6) is 0 Å². The minimum Gasteiger partial charge on any atom is -0.391 e. The third kappa shape index (κ3) is 5.83. The third-order valence-electron chi connectivity index (χ3n) is 3.64. The number of rotatable bonds is 6. The number of amides is 1. The molecule has 1 atom stereocenters. The van der Waals surface area contributed by atoms with Crippen LogP contribution in [0.2, 0.25) is 0 Å². The molecule has 1 saturated carbocycles. The van der Waals surface area contributed by atoms with Crippen molar-refractivity contribution >= 4 is 5.91 Å². The number of hydrogen-bond donors (Lipinski definition) is 3. The highest BCUT2D eigenvalue weighted by atomic mass is 16.3. The Morgan fingerprint density at radius 3 is 2.50 bits per heavy atom.